The van der Waals surface area contributed by atoms with Crippen LogP contribution in [0.2, 0.25) is 0 Å². The Morgan fingerprint density at radius 2 is 1.93 bits per heavy atom. The van der Waals surface area contributed by atoms with E-state index in [-0.39, 0.29) is 11.9 Å². The molecule has 0 aliphatic carbocycles. The molecule has 2 heterocycles. The van der Waals surface area contributed by atoms with Crippen LogP contribution >= 0.6 is 11.3 Å². The first-order valence-electron chi connectivity index (χ1n) is 9.07. The van der Waals surface area contributed by atoms with Gasteiger partial charge in [-0.15, -0.1) is 11.3 Å². The summed E-state index contributed by atoms with van der Waals surface area (Å²) in [5, 5.41) is 3.47. The smallest absolute Gasteiger partial charge is 0.341 e. The Labute approximate surface area is 163 Å². The summed E-state index contributed by atoms with van der Waals surface area (Å²) in [6.07, 6.45) is 0.773. The monoisotopic (exact) mass is 388 g/mol. The van der Waals surface area contributed by atoms with Crippen molar-refractivity contribution in [3.63, 3.8) is 0 Å². The van der Waals surface area contributed by atoms with Crippen molar-refractivity contribution in [2.45, 2.75) is 26.8 Å². The molecule has 0 unspecified atom stereocenters. The van der Waals surface area contributed by atoms with Crippen LogP contribution in [-0.4, -0.2) is 43.6 Å². The zero-order valence-corrected chi connectivity index (χ0v) is 16.6. The molecule has 1 aromatic carbocycles. The molecule has 1 aromatic heterocycles. The quantitative estimate of drug-likeness (QED) is 0.767. The molecule has 0 radical (unpaired) electrons. The molecule has 1 amide bonds. The van der Waals surface area contributed by atoms with Gasteiger partial charge in [-0.05, 0) is 57.1 Å². The van der Waals surface area contributed by atoms with Gasteiger partial charge >= 0.3 is 5.97 Å². The van der Waals surface area contributed by atoms with Crippen LogP contribution in [0.1, 0.15) is 45.0 Å². The summed E-state index contributed by atoms with van der Waals surface area (Å²) < 4.78 is 10.6. The number of likely N-dealkylation sites (N-methyl/N-ethyl adjacent to an activating group) is 1. The van der Waals surface area contributed by atoms with Crippen LogP contribution in [0.4, 0.5) is 5.00 Å². The number of ether oxygens (including phenoxy) is 2. The molecule has 1 aliphatic rings. The zero-order valence-electron chi connectivity index (χ0n) is 15.8. The molecule has 144 valence electrons. The molecule has 0 bridgehead atoms. The molecule has 1 N–H and O–H groups in total. The van der Waals surface area contributed by atoms with Gasteiger partial charge in [0, 0.05) is 23.5 Å². The number of carbonyl (C=O) groups excluding carboxylic acids is 2. The van der Waals surface area contributed by atoms with Crippen LogP contribution < -0.4 is 10.1 Å². The molecule has 1 aliphatic heterocycles. The number of fused-ring (bicyclic) bond motifs is 1. The molecule has 3 rings (SSSR count). The fraction of sp³-hybridized carbons (Fsp3) is 0.400. The minimum Gasteiger partial charge on any atom is -0.494 e. The number of hydrogen-bond donors (Lipinski definition) is 1. The van der Waals surface area contributed by atoms with E-state index in [0.717, 1.165) is 35.7 Å². The average molecular weight is 388 g/mol. The largest absolute Gasteiger partial charge is 0.494 e. The highest BCUT2D eigenvalue weighted by molar-refractivity contribution is 7.17. The molecular weight excluding hydrogens is 364 g/mol. The molecule has 7 heteroatoms. The normalized spacial score (nSPS) is 13.7. The van der Waals surface area contributed by atoms with Crippen LogP contribution in [-0.2, 0) is 17.7 Å². The van der Waals surface area contributed by atoms with Crippen molar-refractivity contribution in [2.24, 2.45) is 0 Å². The molecular formula is C20H24N2O4S. The van der Waals surface area contributed by atoms with E-state index in [4.69, 9.17) is 9.47 Å². The van der Waals surface area contributed by atoms with E-state index in [1.807, 2.05) is 14.0 Å². The van der Waals surface area contributed by atoms with Crippen molar-refractivity contribution in [3.8, 4) is 5.75 Å². The third kappa shape index (κ3) is 4.31. The van der Waals surface area contributed by atoms with Crippen molar-refractivity contribution >= 4 is 28.2 Å². The topological polar surface area (TPSA) is 67.9 Å². The van der Waals surface area contributed by atoms with Crippen molar-refractivity contribution in [1.29, 1.82) is 0 Å². The van der Waals surface area contributed by atoms with E-state index in [9.17, 15) is 9.59 Å². The van der Waals surface area contributed by atoms with Gasteiger partial charge in [-0.3, -0.25) is 4.79 Å². The van der Waals surface area contributed by atoms with Crippen LogP contribution in [0.5, 0.6) is 5.75 Å². The number of carbonyl (C=O) groups is 2. The van der Waals surface area contributed by atoms with E-state index in [1.165, 1.54) is 11.3 Å². The maximum Gasteiger partial charge on any atom is 0.341 e. The minimum atomic E-state index is -0.374. The predicted octanol–water partition coefficient (Wildman–Crippen LogP) is 3.56. The van der Waals surface area contributed by atoms with E-state index in [0.29, 0.717) is 29.3 Å². The first-order chi connectivity index (χ1) is 13.0. The molecule has 0 saturated carbocycles. The Kier molecular flexibility index (Phi) is 6.13. The lowest BCUT2D eigenvalue weighted by Crippen LogP contribution is -2.26. The summed E-state index contributed by atoms with van der Waals surface area (Å²) in [5.41, 5.74) is 2.01. The van der Waals surface area contributed by atoms with Gasteiger partial charge < -0.3 is 19.7 Å². The number of esters is 1. The second-order valence-electron chi connectivity index (χ2n) is 6.33. The number of rotatable bonds is 6. The third-order valence-corrected chi connectivity index (χ3v) is 5.51. The highest BCUT2D eigenvalue weighted by Gasteiger charge is 2.28. The Bertz CT molecular complexity index is 829. The fourth-order valence-electron chi connectivity index (χ4n) is 3.08. The van der Waals surface area contributed by atoms with Crippen LogP contribution in [0.3, 0.4) is 0 Å². The van der Waals surface area contributed by atoms with Crippen molar-refractivity contribution in [1.82, 2.24) is 4.90 Å². The summed E-state index contributed by atoms with van der Waals surface area (Å²) in [5.74, 6) is 0.0907. The predicted molar refractivity (Wildman–Crippen MR) is 106 cm³/mol. The Balaban J connectivity index is 1.86. The number of nitrogens with zero attached hydrogens (tertiary/aromatic N) is 1. The lowest BCUT2D eigenvalue weighted by atomic mass is 10.0. The molecule has 2 aromatic rings. The SMILES string of the molecule is CCOC(=O)c1c(NC(=O)c2ccc(OCC)cc2)sc2c1CCN(C)C2. The summed E-state index contributed by atoms with van der Waals surface area (Å²) in [7, 11) is 2.05. The number of thiophene rings is 1. The zero-order chi connectivity index (χ0) is 19.4. The van der Waals surface area contributed by atoms with Gasteiger partial charge in [0.05, 0.1) is 18.8 Å². The Morgan fingerprint density at radius 1 is 1.19 bits per heavy atom. The highest BCUT2D eigenvalue weighted by Crippen LogP contribution is 2.37. The number of hydrogen-bond acceptors (Lipinski definition) is 6. The summed E-state index contributed by atoms with van der Waals surface area (Å²) in [6.45, 7) is 6.21. The van der Waals surface area contributed by atoms with Crippen molar-refractivity contribution < 1.29 is 19.1 Å². The lowest BCUT2D eigenvalue weighted by Gasteiger charge is -2.22. The van der Waals surface area contributed by atoms with E-state index < -0.39 is 0 Å². The third-order valence-electron chi connectivity index (χ3n) is 4.38. The van der Waals surface area contributed by atoms with Crippen LogP contribution in [0, 0.1) is 0 Å². The van der Waals surface area contributed by atoms with Gasteiger partial charge in [0.25, 0.3) is 5.91 Å². The second kappa shape index (κ2) is 8.54. The van der Waals surface area contributed by atoms with E-state index in [2.05, 4.69) is 10.2 Å². The number of anilines is 1. The van der Waals surface area contributed by atoms with Gasteiger partial charge in [0.1, 0.15) is 10.8 Å². The maximum atomic E-state index is 12.7. The molecule has 0 saturated heterocycles. The first-order valence-corrected chi connectivity index (χ1v) is 9.89. The molecule has 6 nitrogen and oxygen atoms in total. The van der Waals surface area contributed by atoms with Gasteiger partial charge in [0.15, 0.2) is 0 Å². The maximum absolute atomic E-state index is 12.7. The number of benzene rings is 1. The van der Waals surface area contributed by atoms with Crippen LogP contribution in [0.15, 0.2) is 24.3 Å². The fourth-order valence-corrected chi connectivity index (χ4v) is 4.39. The summed E-state index contributed by atoms with van der Waals surface area (Å²) in [4.78, 5) is 28.5. The average Bonchev–Trinajstić information content (AvgIpc) is 2.99. The summed E-state index contributed by atoms with van der Waals surface area (Å²) >= 11 is 1.46. The van der Waals surface area contributed by atoms with E-state index >= 15 is 0 Å². The number of nitrogens with one attached hydrogen (secondary N) is 1. The second-order valence-corrected chi connectivity index (χ2v) is 7.43. The standard InChI is InChI=1S/C20H24N2O4S/c1-4-25-14-8-6-13(7-9-14)18(23)21-19-17(20(24)26-5-2)15-10-11-22(3)12-16(15)27-19/h6-9H,4-5,10-12H2,1-3H3,(H,21,23). The number of amides is 1. The lowest BCUT2D eigenvalue weighted by molar-refractivity contribution is 0.0526. The first kappa shape index (κ1) is 19.4. The highest BCUT2D eigenvalue weighted by atomic mass is 32.1. The van der Waals surface area contributed by atoms with E-state index in [1.54, 1.807) is 31.2 Å². The van der Waals surface area contributed by atoms with Gasteiger partial charge in [-0.1, -0.05) is 0 Å². The minimum absolute atomic E-state index is 0.254. The van der Waals surface area contributed by atoms with Crippen LogP contribution in [0.25, 0.3) is 0 Å². The summed E-state index contributed by atoms with van der Waals surface area (Å²) in [6, 6.07) is 6.95. The molecule has 0 spiro atoms. The Morgan fingerprint density at radius 3 is 2.59 bits per heavy atom. The van der Waals surface area contributed by atoms with Gasteiger partial charge in [-0.25, -0.2) is 4.79 Å². The van der Waals surface area contributed by atoms with Crippen molar-refractivity contribution in [3.05, 3.63) is 45.8 Å². The van der Waals surface area contributed by atoms with Crippen molar-refractivity contribution in [2.75, 3.05) is 32.1 Å². The molecule has 27 heavy (non-hydrogen) atoms. The Hall–Kier alpha value is -2.38. The van der Waals surface area contributed by atoms with Gasteiger partial charge in [-0.2, -0.15) is 0 Å². The molecule has 0 fully saturated rings. The van der Waals surface area contributed by atoms with Gasteiger partial charge in [0.2, 0.25) is 0 Å². The molecule has 0 atom stereocenters.